The molecule has 0 aliphatic carbocycles. The Kier molecular flexibility index (Phi) is 2.55. The van der Waals surface area contributed by atoms with Gasteiger partial charge in [-0.15, -0.1) is 0 Å². The molecular formula is C14H13N. The van der Waals surface area contributed by atoms with Crippen LogP contribution < -0.4 is 0 Å². The first-order chi connectivity index (χ1) is 7.36. The van der Waals surface area contributed by atoms with E-state index in [1.165, 1.54) is 10.9 Å². The molecule has 0 saturated heterocycles. The van der Waals surface area contributed by atoms with Gasteiger partial charge < -0.3 is 4.98 Å². The molecule has 2 aromatic rings. The van der Waals surface area contributed by atoms with E-state index in [-0.39, 0.29) is 0 Å². The smallest absolute Gasteiger partial charge is 0.0464 e. The molecule has 1 heteroatoms. The standard InChI is InChI=1S/C14H13N/c1-3-5-8-11-12-9-6-7-10-14(12)15-13(11)4-2/h3-10,15H,1-2H2/b8-5-. The lowest BCUT2D eigenvalue weighted by Gasteiger charge is -1.92. The van der Waals surface area contributed by atoms with E-state index in [9.17, 15) is 0 Å². The number of benzene rings is 1. The Labute approximate surface area is 89.4 Å². The van der Waals surface area contributed by atoms with Gasteiger partial charge in [0.05, 0.1) is 0 Å². The van der Waals surface area contributed by atoms with Gasteiger partial charge >= 0.3 is 0 Å². The van der Waals surface area contributed by atoms with E-state index in [0.717, 1.165) is 11.2 Å². The highest BCUT2D eigenvalue weighted by Crippen LogP contribution is 2.24. The number of para-hydroxylation sites is 1. The fourth-order valence-electron chi connectivity index (χ4n) is 1.69. The number of hydrogen-bond acceptors (Lipinski definition) is 0. The molecule has 0 atom stereocenters. The minimum Gasteiger partial charge on any atom is -0.355 e. The van der Waals surface area contributed by atoms with Gasteiger partial charge in [-0.2, -0.15) is 0 Å². The van der Waals surface area contributed by atoms with E-state index in [1.807, 2.05) is 30.4 Å². The van der Waals surface area contributed by atoms with E-state index in [1.54, 1.807) is 6.08 Å². The molecule has 0 aliphatic heterocycles. The van der Waals surface area contributed by atoms with Crippen molar-refractivity contribution in [2.45, 2.75) is 0 Å². The van der Waals surface area contributed by atoms with Crippen LogP contribution in [0.5, 0.6) is 0 Å². The zero-order chi connectivity index (χ0) is 10.7. The summed E-state index contributed by atoms with van der Waals surface area (Å²) in [6.07, 6.45) is 7.59. The summed E-state index contributed by atoms with van der Waals surface area (Å²) in [4.78, 5) is 3.32. The summed E-state index contributed by atoms with van der Waals surface area (Å²) in [7, 11) is 0. The van der Waals surface area contributed by atoms with Crippen LogP contribution in [0.2, 0.25) is 0 Å². The summed E-state index contributed by atoms with van der Waals surface area (Å²) in [5.74, 6) is 0. The lowest BCUT2D eigenvalue weighted by atomic mass is 10.1. The molecule has 0 amide bonds. The molecule has 0 saturated carbocycles. The predicted octanol–water partition coefficient (Wildman–Crippen LogP) is 4.01. The second-order valence-corrected chi connectivity index (χ2v) is 3.30. The van der Waals surface area contributed by atoms with Crippen molar-refractivity contribution in [2.24, 2.45) is 0 Å². The minimum atomic E-state index is 1.05. The second kappa shape index (κ2) is 4.01. The molecule has 74 valence electrons. The van der Waals surface area contributed by atoms with Crippen LogP contribution in [-0.4, -0.2) is 4.98 Å². The van der Waals surface area contributed by atoms with E-state index in [4.69, 9.17) is 0 Å². The van der Waals surface area contributed by atoms with Crippen molar-refractivity contribution >= 4 is 23.1 Å². The molecule has 0 radical (unpaired) electrons. The van der Waals surface area contributed by atoms with Gasteiger partial charge in [-0.1, -0.05) is 49.6 Å². The number of H-pyrrole nitrogens is 1. The molecule has 1 aromatic carbocycles. The number of hydrogen-bond donors (Lipinski definition) is 1. The molecule has 1 N–H and O–H groups in total. The lowest BCUT2D eigenvalue weighted by molar-refractivity contribution is 1.42. The highest BCUT2D eigenvalue weighted by atomic mass is 14.7. The Balaban J connectivity index is 2.71. The highest BCUT2D eigenvalue weighted by Gasteiger charge is 2.04. The van der Waals surface area contributed by atoms with Crippen LogP contribution in [0.3, 0.4) is 0 Å². The number of allylic oxidation sites excluding steroid dienone is 2. The van der Waals surface area contributed by atoms with Crippen molar-refractivity contribution in [1.29, 1.82) is 0 Å². The van der Waals surface area contributed by atoms with Gasteiger partial charge in [-0.05, 0) is 12.1 Å². The van der Waals surface area contributed by atoms with Gasteiger partial charge in [-0.3, -0.25) is 0 Å². The molecular weight excluding hydrogens is 182 g/mol. The van der Waals surface area contributed by atoms with Crippen molar-refractivity contribution in [2.75, 3.05) is 0 Å². The Morgan fingerprint density at radius 3 is 2.67 bits per heavy atom. The van der Waals surface area contributed by atoms with Crippen LogP contribution in [0.1, 0.15) is 11.3 Å². The molecule has 0 spiro atoms. The molecule has 15 heavy (non-hydrogen) atoms. The maximum Gasteiger partial charge on any atom is 0.0464 e. The van der Waals surface area contributed by atoms with Gasteiger partial charge in [0.15, 0.2) is 0 Å². The van der Waals surface area contributed by atoms with Crippen LogP contribution in [0.15, 0.2) is 49.6 Å². The van der Waals surface area contributed by atoms with Crippen LogP contribution >= 0.6 is 0 Å². The second-order valence-electron chi connectivity index (χ2n) is 3.30. The Morgan fingerprint density at radius 2 is 1.93 bits per heavy atom. The average Bonchev–Trinajstić information content (AvgIpc) is 2.64. The maximum absolute atomic E-state index is 3.80. The Morgan fingerprint density at radius 1 is 1.13 bits per heavy atom. The van der Waals surface area contributed by atoms with Crippen LogP contribution in [0, 0.1) is 0 Å². The van der Waals surface area contributed by atoms with Crippen molar-refractivity contribution in [3.63, 3.8) is 0 Å². The normalized spacial score (nSPS) is 10.9. The number of aromatic amines is 1. The first-order valence-corrected chi connectivity index (χ1v) is 4.89. The number of aromatic nitrogens is 1. The third-order valence-corrected chi connectivity index (χ3v) is 2.38. The monoisotopic (exact) mass is 195 g/mol. The third kappa shape index (κ3) is 1.64. The Hall–Kier alpha value is -2.02. The zero-order valence-electron chi connectivity index (χ0n) is 8.53. The molecule has 0 fully saturated rings. The fourth-order valence-corrected chi connectivity index (χ4v) is 1.69. The van der Waals surface area contributed by atoms with Crippen molar-refractivity contribution in [3.05, 3.63) is 60.8 Å². The third-order valence-electron chi connectivity index (χ3n) is 2.38. The first kappa shape index (κ1) is 9.53. The topological polar surface area (TPSA) is 15.8 Å². The fraction of sp³-hybridized carbons (Fsp3) is 0. The van der Waals surface area contributed by atoms with E-state index in [0.29, 0.717) is 0 Å². The predicted molar refractivity (Wildman–Crippen MR) is 67.6 cm³/mol. The van der Waals surface area contributed by atoms with Gasteiger partial charge in [0.2, 0.25) is 0 Å². The average molecular weight is 195 g/mol. The van der Waals surface area contributed by atoms with Crippen LogP contribution in [0.25, 0.3) is 23.1 Å². The van der Waals surface area contributed by atoms with Crippen molar-refractivity contribution in [3.8, 4) is 0 Å². The SMILES string of the molecule is C=C/C=C\c1c(C=C)[nH]c2ccccc12. The number of fused-ring (bicyclic) bond motifs is 1. The van der Waals surface area contributed by atoms with Gasteiger partial charge in [-0.25, -0.2) is 0 Å². The molecule has 1 nitrogen and oxygen atoms in total. The van der Waals surface area contributed by atoms with Crippen LogP contribution in [0.4, 0.5) is 0 Å². The van der Waals surface area contributed by atoms with E-state index < -0.39 is 0 Å². The highest BCUT2D eigenvalue weighted by molar-refractivity contribution is 5.93. The van der Waals surface area contributed by atoms with E-state index >= 15 is 0 Å². The summed E-state index contributed by atoms with van der Waals surface area (Å²) >= 11 is 0. The van der Waals surface area contributed by atoms with Gasteiger partial charge in [0, 0.05) is 22.2 Å². The summed E-state index contributed by atoms with van der Waals surface area (Å²) in [5.41, 5.74) is 3.35. The Bertz CT molecular complexity index is 529. The lowest BCUT2D eigenvalue weighted by Crippen LogP contribution is -1.73. The minimum absolute atomic E-state index is 1.05. The quantitative estimate of drug-likeness (QED) is 0.712. The molecule has 2 rings (SSSR count). The van der Waals surface area contributed by atoms with E-state index in [2.05, 4.69) is 30.3 Å². The van der Waals surface area contributed by atoms with Gasteiger partial charge in [0.1, 0.15) is 0 Å². The molecule has 0 unspecified atom stereocenters. The number of rotatable bonds is 3. The first-order valence-electron chi connectivity index (χ1n) is 4.89. The number of nitrogens with one attached hydrogen (secondary N) is 1. The summed E-state index contributed by atoms with van der Waals surface area (Å²) in [6.45, 7) is 7.48. The summed E-state index contributed by atoms with van der Waals surface area (Å²) in [5, 5.41) is 1.21. The van der Waals surface area contributed by atoms with Crippen LogP contribution in [-0.2, 0) is 0 Å². The zero-order valence-corrected chi connectivity index (χ0v) is 8.53. The summed E-state index contributed by atoms with van der Waals surface area (Å²) < 4.78 is 0. The molecule has 1 aromatic heterocycles. The van der Waals surface area contributed by atoms with Crippen molar-refractivity contribution in [1.82, 2.24) is 4.98 Å². The molecule has 0 aliphatic rings. The molecule has 1 heterocycles. The summed E-state index contributed by atoms with van der Waals surface area (Å²) in [6, 6.07) is 8.22. The maximum atomic E-state index is 3.80. The van der Waals surface area contributed by atoms with Crippen molar-refractivity contribution < 1.29 is 0 Å². The van der Waals surface area contributed by atoms with Gasteiger partial charge in [0.25, 0.3) is 0 Å². The largest absolute Gasteiger partial charge is 0.355 e. The molecule has 0 bridgehead atoms.